The largest absolute Gasteiger partial charge is 0.453 e. The zero-order valence-electron chi connectivity index (χ0n) is 32.1. The number of rotatable bonds is 12. The number of ether oxygens (including phenoxy) is 2. The van der Waals surface area contributed by atoms with Crippen LogP contribution >= 0.6 is 0 Å². The standard InChI is InChI=1S/C43H43N9O6/c1-26(47-40(53)36(50-42(55)57-2)29-11-6-4-7-12-29)38-45-24-33(48-38)28-18-16-27(17-19-28)32-21-20-31(23-44-32)34-25-46-39(49-34)35-15-10-22-52(35)41(54)37(51-43(56)58-3)30-13-8-5-9-14-30/h4-9,11-14,16-21,23-26,35-37H,10,15,22H2,1-3H3,(H,45,48)(H,46,49)(H,47,53)(H,50,55)(H,51,56)/t26-,35+,36+,37+/m0/s1. The van der Waals surface area contributed by atoms with Gasteiger partial charge in [0.15, 0.2) is 0 Å². The number of alkyl carbamates (subject to hydrolysis) is 2. The molecule has 6 aromatic rings. The number of hydrogen-bond donors (Lipinski definition) is 5. The molecule has 58 heavy (non-hydrogen) atoms. The van der Waals surface area contributed by atoms with Crippen molar-refractivity contribution in [2.24, 2.45) is 0 Å². The summed E-state index contributed by atoms with van der Waals surface area (Å²) in [6, 6.07) is 27.2. The molecule has 3 aromatic carbocycles. The Balaban J connectivity index is 0.990. The molecule has 296 valence electrons. The van der Waals surface area contributed by atoms with Crippen molar-refractivity contribution in [3.63, 3.8) is 0 Å². The van der Waals surface area contributed by atoms with Crippen molar-refractivity contribution >= 4 is 24.0 Å². The van der Waals surface area contributed by atoms with Crippen molar-refractivity contribution in [1.82, 2.24) is 45.8 Å². The van der Waals surface area contributed by atoms with Crippen molar-refractivity contribution in [1.29, 1.82) is 0 Å². The van der Waals surface area contributed by atoms with Crippen LogP contribution in [-0.2, 0) is 19.1 Å². The normalized spacial score (nSPS) is 15.2. The minimum atomic E-state index is -0.948. The molecule has 0 saturated carbocycles. The maximum absolute atomic E-state index is 13.9. The summed E-state index contributed by atoms with van der Waals surface area (Å²) in [5.41, 5.74) is 6.25. The van der Waals surface area contributed by atoms with Crippen molar-refractivity contribution in [3.8, 4) is 33.8 Å². The Labute approximate surface area is 334 Å². The second kappa shape index (κ2) is 17.7. The quantitative estimate of drug-likeness (QED) is 0.0913. The molecule has 0 bridgehead atoms. The van der Waals surface area contributed by atoms with Crippen LogP contribution in [0.25, 0.3) is 33.8 Å². The van der Waals surface area contributed by atoms with Crippen molar-refractivity contribution < 1.29 is 28.7 Å². The molecule has 0 aliphatic carbocycles. The van der Waals surface area contributed by atoms with Gasteiger partial charge in [-0.05, 0) is 48.6 Å². The van der Waals surface area contributed by atoms with E-state index in [4.69, 9.17) is 14.5 Å². The predicted molar refractivity (Wildman–Crippen MR) is 215 cm³/mol. The summed E-state index contributed by atoms with van der Waals surface area (Å²) in [5.74, 6) is 0.574. The third-order valence-corrected chi connectivity index (χ3v) is 10.0. The first-order valence-corrected chi connectivity index (χ1v) is 18.8. The number of nitrogens with zero attached hydrogens (tertiary/aromatic N) is 4. The molecule has 3 aromatic heterocycles. The first kappa shape index (κ1) is 39.0. The van der Waals surface area contributed by atoms with Gasteiger partial charge in [0.25, 0.3) is 5.91 Å². The molecule has 0 spiro atoms. The highest BCUT2D eigenvalue weighted by atomic mass is 16.5. The van der Waals surface area contributed by atoms with E-state index in [9.17, 15) is 19.2 Å². The van der Waals surface area contributed by atoms with Gasteiger partial charge in [-0.2, -0.15) is 0 Å². The van der Waals surface area contributed by atoms with E-state index in [2.05, 4.69) is 35.9 Å². The van der Waals surface area contributed by atoms with Crippen LogP contribution in [0.3, 0.4) is 0 Å². The summed E-state index contributed by atoms with van der Waals surface area (Å²) < 4.78 is 9.54. The molecular formula is C43H43N9O6. The van der Waals surface area contributed by atoms with E-state index in [0.29, 0.717) is 29.3 Å². The fourth-order valence-electron chi connectivity index (χ4n) is 6.98. The first-order valence-electron chi connectivity index (χ1n) is 18.8. The number of likely N-dealkylation sites (tertiary alicyclic amines) is 1. The second-order valence-electron chi connectivity index (χ2n) is 13.8. The van der Waals surface area contributed by atoms with Crippen LogP contribution in [0.1, 0.15) is 66.7 Å². The number of nitrogens with one attached hydrogen (secondary N) is 5. The van der Waals surface area contributed by atoms with E-state index in [-0.39, 0.29) is 11.9 Å². The fraction of sp³-hybridized carbons (Fsp3) is 0.233. The van der Waals surface area contributed by atoms with Crippen LogP contribution in [0.2, 0.25) is 0 Å². The Bertz CT molecular complexity index is 2350. The molecule has 0 unspecified atom stereocenters. The maximum Gasteiger partial charge on any atom is 0.407 e. The van der Waals surface area contributed by atoms with Gasteiger partial charge in [-0.3, -0.25) is 14.6 Å². The molecule has 4 heterocycles. The first-order chi connectivity index (χ1) is 28.2. The van der Waals surface area contributed by atoms with Gasteiger partial charge in [-0.25, -0.2) is 19.6 Å². The number of methoxy groups -OCH3 is 2. The third kappa shape index (κ3) is 8.73. The third-order valence-electron chi connectivity index (χ3n) is 10.0. The average Bonchev–Trinajstić information content (AvgIpc) is 4.07. The molecule has 15 heteroatoms. The predicted octanol–water partition coefficient (Wildman–Crippen LogP) is 6.56. The minimum Gasteiger partial charge on any atom is -0.453 e. The van der Waals surface area contributed by atoms with Gasteiger partial charge < -0.3 is 40.3 Å². The van der Waals surface area contributed by atoms with Gasteiger partial charge in [0, 0.05) is 23.9 Å². The summed E-state index contributed by atoms with van der Waals surface area (Å²) in [6.07, 6.45) is 5.37. The lowest BCUT2D eigenvalue weighted by molar-refractivity contribution is -0.134. The molecule has 0 radical (unpaired) electrons. The summed E-state index contributed by atoms with van der Waals surface area (Å²) in [5, 5.41) is 8.21. The maximum atomic E-state index is 13.9. The molecule has 4 atom stereocenters. The zero-order valence-corrected chi connectivity index (χ0v) is 32.1. The Kier molecular flexibility index (Phi) is 11.9. The Morgan fingerprint density at radius 1 is 0.672 bits per heavy atom. The number of benzene rings is 3. The number of carbonyl (C=O) groups is 4. The van der Waals surface area contributed by atoms with Crippen LogP contribution in [0.4, 0.5) is 9.59 Å². The number of aromatic amines is 2. The molecule has 5 N–H and O–H groups in total. The topological polar surface area (TPSA) is 196 Å². The molecule has 4 amide bonds. The Morgan fingerprint density at radius 2 is 1.26 bits per heavy atom. The Hall–Kier alpha value is -7.29. The molecule has 7 rings (SSSR count). The SMILES string of the molecule is COC(=O)N[C@@H](C(=O)N[C@@H](C)c1ncc(-c2ccc(-c3ccc(-c4cnc([C@H]5CCCN5C(=O)[C@H](NC(=O)OC)c5ccccc5)[nH]4)cn3)cc2)[nH]1)c1ccccc1. The number of pyridine rings is 1. The molecule has 1 aliphatic heterocycles. The minimum absolute atomic E-state index is 0.232. The van der Waals surface area contributed by atoms with Crippen molar-refractivity contribution in [3.05, 3.63) is 138 Å². The zero-order chi connectivity index (χ0) is 40.6. The van der Waals surface area contributed by atoms with Crippen molar-refractivity contribution in [2.45, 2.75) is 43.9 Å². The summed E-state index contributed by atoms with van der Waals surface area (Å²) in [4.78, 5) is 73.6. The molecular weight excluding hydrogens is 739 g/mol. The number of carbonyl (C=O) groups excluding carboxylic acids is 4. The Morgan fingerprint density at radius 3 is 1.90 bits per heavy atom. The highest BCUT2D eigenvalue weighted by Gasteiger charge is 2.37. The highest BCUT2D eigenvalue weighted by molar-refractivity contribution is 5.88. The molecule has 1 fully saturated rings. The lowest BCUT2D eigenvalue weighted by atomic mass is 10.1. The monoisotopic (exact) mass is 781 g/mol. The molecule has 1 aliphatic rings. The lowest BCUT2D eigenvalue weighted by Crippen LogP contribution is -2.42. The smallest absolute Gasteiger partial charge is 0.407 e. The summed E-state index contributed by atoms with van der Waals surface area (Å²) >= 11 is 0. The highest BCUT2D eigenvalue weighted by Crippen LogP contribution is 2.34. The van der Waals surface area contributed by atoms with E-state index in [1.807, 2.05) is 67.6 Å². The summed E-state index contributed by atoms with van der Waals surface area (Å²) in [6.45, 7) is 2.34. The van der Waals surface area contributed by atoms with E-state index < -0.39 is 36.2 Å². The van der Waals surface area contributed by atoms with Gasteiger partial charge in [-0.1, -0.05) is 84.9 Å². The number of aromatic nitrogens is 5. The van der Waals surface area contributed by atoms with Gasteiger partial charge in [-0.15, -0.1) is 0 Å². The summed E-state index contributed by atoms with van der Waals surface area (Å²) in [7, 11) is 2.51. The van der Waals surface area contributed by atoms with Crippen LogP contribution in [0.15, 0.2) is 116 Å². The average molecular weight is 782 g/mol. The van der Waals surface area contributed by atoms with E-state index >= 15 is 0 Å². The van der Waals surface area contributed by atoms with E-state index in [1.54, 1.807) is 59.9 Å². The molecule has 15 nitrogen and oxygen atoms in total. The second-order valence-corrected chi connectivity index (χ2v) is 13.8. The van der Waals surface area contributed by atoms with E-state index in [0.717, 1.165) is 46.6 Å². The van der Waals surface area contributed by atoms with Crippen LogP contribution in [0, 0.1) is 0 Å². The van der Waals surface area contributed by atoms with Crippen LogP contribution < -0.4 is 16.0 Å². The molecule has 1 saturated heterocycles. The van der Waals surface area contributed by atoms with Crippen LogP contribution in [-0.4, -0.2) is 74.6 Å². The van der Waals surface area contributed by atoms with Gasteiger partial charge in [0.2, 0.25) is 5.91 Å². The van der Waals surface area contributed by atoms with E-state index in [1.165, 1.54) is 14.2 Å². The van der Waals surface area contributed by atoms with Gasteiger partial charge in [0.1, 0.15) is 23.7 Å². The van der Waals surface area contributed by atoms with Crippen molar-refractivity contribution in [2.75, 3.05) is 20.8 Å². The van der Waals surface area contributed by atoms with Gasteiger partial charge >= 0.3 is 12.2 Å². The number of hydrogen-bond acceptors (Lipinski definition) is 9. The fourth-order valence-corrected chi connectivity index (χ4v) is 6.98. The number of imidazole rings is 2. The number of H-pyrrole nitrogens is 2. The number of amides is 4. The lowest BCUT2D eigenvalue weighted by Gasteiger charge is -2.28. The van der Waals surface area contributed by atoms with Gasteiger partial charge in [0.05, 0.1) is 55.8 Å². The van der Waals surface area contributed by atoms with Crippen LogP contribution in [0.5, 0.6) is 0 Å².